The van der Waals surface area contributed by atoms with E-state index in [1.807, 2.05) is 6.07 Å². The van der Waals surface area contributed by atoms with Gasteiger partial charge in [-0.05, 0) is 37.6 Å². The normalized spacial score (nSPS) is 12.2. The molecule has 3 heteroatoms. The molecule has 0 heterocycles. The van der Waals surface area contributed by atoms with Gasteiger partial charge in [-0.15, -0.1) is 0 Å². The first-order valence-corrected chi connectivity index (χ1v) is 7.52. The van der Waals surface area contributed by atoms with Crippen molar-refractivity contribution in [1.29, 1.82) is 0 Å². The summed E-state index contributed by atoms with van der Waals surface area (Å²) in [4.78, 5) is 0. The molecule has 0 aliphatic carbocycles. The highest BCUT2D eigenvalue weighted by molar-refractivity contribution is 9.10. The smallest absolute Gasteiger partial charge is 0.123 e. The Balaban J connectivity index is 2.04. The van der Waals surface area contributed by atoms with Gasteiger partial charge in [-0.2, -0.15) is 0 Å². The molecule has 0 aliphatic heterocycles. The van der Waals surface area contributed by atoms with E-state index in [0.717, 1.165) is 16.8 Å². The lowest BCUT2D eigenvalue weighted by Gasteiger charge is -2.16. The predicted molar refractivity (Wildman–Crippen MR) is 87.1 cm³/mol. The minimum Gasteiger partial charge on any atom is -0.496 e. The fourth-order valence-electron chi connectivity index (χ4n) is 2.18. The van der Waals surface area contributed by atoms with Crippen LogP contribution in [0.1, 0.15) is 29.7 Å². The van der Waals surface area contributed by atoms with Crippen molar-refractivity contribution in [3.05, 3.63) is 63.6 Å². The Morgan fingerprint density at radius 1 is 1.15 bits per heavy atom. The average molecular weight is 334 g/mol. The number of aryl methyl sites for hydroxylation is 1. The predicted octanol–water partition coefficient (Wildman–Crippen LogP) is 4.62. The highest BCUT2D eigenvalue weighted by Crippen LogP contribution is 2.21. The Bertz CT molecular complexity index is 566. The van der Waals surface area contributed by atoms with Gasteiger partial charge in [-0.1, -0.05) is 45.8 Å². The molecule has 2 aromatic carbocycles. The lowest BCUT2D eigenvalue weighted by molar-refractivity contribution is 0.406. The van der Waals surface area contributed by atoms with E-state index in [0.29, 0.717) is 6.04 Å². The summed E-state index contributed by atoms with van der Waals surface area (Å²) in [7, 11) is 1.71. The topological polar surface area (TPSA) is 21.3 Å². The molecule has 2 aromatic rings. The number of benzene rings is 2. The van der Waals surface area contributed by atoms with Gasteiger partial charge in [0.05, 0.1) is 7.11 Å². The van der Waals surface area contributed by atoms with Crippen molar-refractivity contribution in [3.63, 3.8) is 0 Å². The Hall–Kier alpha value is -1.32. The second-order valence-corrected chi connectivity index (χ2v) is 5.89. The molecule has 2 rings (SSSR count). The van der Waals surface area contributed by atoms with Crippen molar-refractivity contribution in [1.82, 2.24) is 5.32 Å². The summed E-state index contributed by atoms with van der Waals surface area (Å²) in [6, 6.07) is 15.0. The van der Waals surface area contributed by atoms with Crippen LogP contribution in [0.25, 0.3) is 0 Å². The summed E-state index contributed by atoms with van der Waals surface area (Å²) in [5, 5.41) is 3.54. The van der Waals surface area contributed by atoms with Crippen LogP contribution < -0.4 is 10.1 Å². The van der Waals surface area contributed by atoms with Crippen LogP contribution in [0.2, 0.25) is 0 Å². The number of ether oxygens (including phenoxy) is 1. The molecule has 0 aliphatic rings. The van der Waals surface area contributed by atoms with Crippen LogP contribution in [-0.2, 0) is 6.54 Å². The number of nitrogens with one attached hydrogen (secondary N) is 1. The summed E-state index contributed by atoms with van der Waals surface area (Å²) >= 11 is 3.46. The van der Waals surface area contributed by atoms with Gasteiger partial charge in [-0.25, -0.2) is 0 Å². The first-order chi connectivity index (χ1) is 9.60. The molecule has 1 unspecified atom stereocenters. The molecule has 0 saturated heterocycles. The van der Waals surface area contributed by atoms with E-state index in [9.17, 15) is 0 Å². The second kappa shape index (κ2) is 6.91. The zero-order chi connectivity index (χ0) is 14.5. The summed E-state index contributed by atoms with van der Waals surface area (Å²) < 4.78 is 6.51. The van der Waals surface area contributed by atoms with Crippen LogP contribution >= 0.6 is 15.9 Å². The molecule has 20 heavy (non-hydrogen) atoms. The largest absolute Gasteiger partial charge is 0.496 e. The zero-order valence-electron chi connectivity index (χ0n) is 12.1. The minimum atomic E-state index is 0.299. The lowest BCUT2D eigenvalue weighted by atomic mass is 10.1. The SMILES string of the molecule is COc1ccc(C)cc1CNC(C)c1ccc(Br)cc1. The summed E-state index contributed by atoms with van der Waals surface area (Å²) in [6.45, 7) is 5.06. The lowest BCUT2D eigenvalue weighted by Crippen LogP contribution is -2.18. The van der Waals surface area contributed by atoms with Crippen molar-refractivity contribution in [3.8, 4) is 5.75 Å². The van der Waals surface area contributed by atoms with Gasteiger partial charge in [0.1, 0.15) is 5.75 Å². The van der Waals surface area contributed by atoms with Crippen LogP contribution in [0.5, 0.6) is 5.75 Å². The van der Waals surface area contributed by atoms with E-state index >= 15 is 0 Å². The van der Waals surface area contributed by atoms with E-state index in [-0.39, 0.29) is 0 Å². The van der Waals surface area contributed by atoms with Gasteiger partial charge < -0.3 is 10.1 Å². The monoisotopic (exact) mass is 333 g/mol. The molecule has 1 atom stereocenters. The van der Waals surface area contributed by atoms with Gasteiger partial charge in [0.2, 0.25) is 0 Å². The fourth-order valence-corrected chi connectivity index (χ4v) is 2.44. The van der Waals surface area contributed by atoms with Crippen LogP contribution in [0, 0.1) is 6.92 Å². The van der Waals surface area contributed by atoms with E-state index in [2.05, 4.69) is 71.5 Å². The number of hydrogen-bond acceptors (Lipinski definition) is 2. The molecule has 0 saturated carbocycles. The molecular weight excluding hydrogens is 314 g/mol. The van der Waals surface area contributed by atoms with Crippen LogP contribution in [0.3, 0.4) is 0 Å². The maximum absolute atomic E-state index is 5.41. The van der Waals surface area contributed by atoms with Crippen molar-refractivity contribution < 1.29 is 4.74 Å². The third-order valence-corrected chi connectivity index (χ3v) is 3.93. The standard InChI is InChI=1S/C17H20BrNO/c1-12-4-9-17(20-3)15(10-12)11-19-13(2)14-5-7-16(18)8-6-14/h4-10,13,19H,11H2,1-3H3. The second-order valence-electron chi connectivity index (χ2n) is 4.97. The van der Waals surface area contributed by atoms with E-state index in [1.165, 1.54) is 16.7 Å². The van der Waals surface area contributed by atoms with Gasteiger partial charge in [-0.3, -0.25) is 0 Å². The van der Waals surface area contributed by atoms with Crippen molar-refractivity contribution >= 4 is 15.9 Å². The zero-order valence-corrected chi connectivity index (χ0v) is 13.7. The quantitative estimate of drug-likeness (QED) is 0.862. The molecular formula is C17H20BrNO. The first kappa shape index (κ1) is 15.1. The molecule has 0 fully saturated rings. The summed E-state index contributed by atoms with van der Waals surface area (Å²) in [5.41, 5.74) is 3.72. The Morgan fingerprint density at radius 3 is 2.50 bits per heavy atom. The number of rotatable bonds is 5. The van der Waals surface area contributed by atoms with Crippen molar-refractivity contribution in [2.75, 3.05) is 7.11 Å². The van der Waals surface area contributed by atoms with Crippen LogP contribution in [-0.4, -0.2) is 7.11 Å². The third kappa shape index (κ3) is 3.84. The Morgan fingerprint density at radius 2 is 1.85 bits per heavy atom. The molecule has 0 aromatic heterocycles. The van der Waals surface area contributed by atoms with Gasteiger partial charge in [0.25, 0.3) is 0 Å². The first-order valence-electron chi connectivity index (χ1n) is 6.72. The van der Waals surface area contributed by atoms with Gasteiger partial charge in [0.15, 0.2) is 0 Å². The van der Waals surface area contributed by atoms with Crippen LogP contribution in [0.15, 0.2) is 46.9 Å². The molecule has 0 radical (unpaired) electrons. The third-order valence-electron chi connectivity index (χ3n) is 3.40. The Labute approximate surface area is 129 Å². The minimum absolute atomic E-state index is 0.299. The highest BCUT2D eigenvalue weighted by atomic mass is 79.9. The fraction of sp³-hybridized carbons (Fsp3) is 0.294. The van der Waals surface area contributed by atoms with Crippen molar-refractivity contribution in [2.24, 2.45) is 0 Å². The highest BCUT2D eigenvalue weighted by Gasteiger charge is 2.07. The molecule has 1 N–H and O–H groups in total. The van der Waals surface area contributed by atoms with Gasteiger partial charge in [0, 0.05) is 22.6 Å². The molecule has 106 valence electrons. The van der Waals surface area contributed by atoms with Crippen LogP contribution in [0.4, 0.5) is 0 Å². The molecule has 0 spiro atoms. The maximum Gasteiger partial charge on any atom is 0.123 e. The molecule has 0 bridgehead atoms. The molecule has 0 amide bonds. The van der Waals surface area contributed by atoms with Gasteiger partial charge >= 0.3 is 0 Å². The maximum atomic E-state index is 5.41. The number of hydrogen-bond donors (Lipinski definition) is 1. The number of halogens is 1. The van der Waals surface area contributed by atoms with E-state index in [1.54, 1.807) is 7.11 Å². The van der Waals surface area contributed by atoms with E-state index in [4.69, 9.17) is 4.74 Å². The molecule has 2 nitrogen and oxygen atoms in total. The van der Waals surface area contributed by atoms with Crippen molar-refractivity contribution in [2.45, 2.75) is 26.4 Å². The average Bonchev–Trinajstić information content (AvgIpc) is 2.45. The number of methoxy groups -OCH3 is 1. The Kier molecular flexibility index (Phi) is 5.21. The van der Waals surface area contributed by atoms with E-state index < -0.39 is 0 Å². The summed E-state index contributed by atoms with van der Waals surface area (Å²) in [5.74, 6) is 0.936. The summed E-state index contributed by atoms with van der Waals surface area (Å²) in [6.07, 6.45) is 0.